The fourth-order valence-electron chi connectivity index (χ4n) is 3.17. The molecule has 0 radical (unpaired) electrons. The molecule has 152 valence electrons. The molecule has 0 spiro atoms. The summed E-state index contributed by atoms with van der Waals surface area (Å²) in [7, 11) is 0. The van der Waals surface area contributed by atoms with Gasteiger partial charge in [0.25, 0.3) is 0 Å². The van der Waals surface area contributed by atoms with Crippen LogP contribution in [0.25, 0.3) is 21.5 Å². The van der Waals surface area contributed by atoms with Gasteiger partial charge in [0.15, 0.2) is 0 Å². The molecule has 4 aromatic carbocycles. The zero-order valence-corrected chi connectivity index (χ0v) is 21.3. The maximum Gasteiger partial charge on any atom is 4.00 e. The van der Waals surface area contributed by atoms with E-state index >= 15 is 0 Å². The Kier molecular flexibility index (Phi) is 10.4. The Labute approximate surface area is 203 Å². The molecule has 4 rings (SSSR count). The van der Waals surface area contributed by atoms with Crippen molar-refractivity contribution in [3.05, 3.63) is 83.9 Å². The average Bonchev–Trinajstić information content (AvgIpc) is 3.19. The third-order valence-corrected chi connectivity index (χ3v) is 4.97. The van der Waals surface area contributed by atoms with Crippen molar-refractivity contribution in [3.63, 3.8) is 0 Å². The minimum absolute atomic E-state index is 0. The largest absolute Gasteiger partial charge is 4.00 e. The third-order valence-electron chi connectivity index (χ3n) is 4.97. The summed E-state index contributed by atoms with van der Waals surface area (Å²) < 4.78 is 0. The maximum atomic E-state index is 2.29. The van der Waals surface area contributed by atoms with E-state index in [0.29, 0.717) is 0 Å². The van der Waals surface area contributed by atoms with E-state index in [4.69, 9.17) is 0 Å². The molecule has 0 atom stereocenters. The van der Waals surface area contributed by atoms with Crippen molar-refractivity contribution >= 4 is 21.5 Å². The maximum absolute atomic E-state index is 2.29. The van der Waals surface area contributed by atoms with Gasteiger partial charge in [0, 0.05) is 0 Å². The van der Waals surface area contributed by atoms with Crippen LogP contribution < -0.4 is 24.8 Å². The molecule has 0 saturated heterocycles. The van der Waals surface area contributed by atoms with Crippen molar-refractivity contribution in [2.24, 2.45) is 0 Å². The van der Waals surface area contributed by atoms with Crippen LogP contribution in [0.3, 0.4) is 0 Å². The zero-order chi connectivity index (χ0) is 18.9. The summed E-state index contributed by atoms with van der Waals surface area (Å²) in [4.78, 5) is 0. The van der Waals surface area contributed by atoms with Crippen molar-refractivity contribution in [1.82, 2.24) is 0 Å². The predicted molar refractivity (Wildman–Crippen MR) is 116 cm³/mol. The minimum Gasteiger partial charge on any atom is -1.00 e. The van der Waals surface area contributed by atoms with Crippen LogP contribution in [0.1, 0.15) is 52.7 Å². The first-order valence-electron chi connectivity index (χ1n) is 9.46. The molecule has 0 aliphatic rings. The normalized spacial score (nSPS) is 11.0. The van der Waals surface area contributed by atoms with Gasteiger partial charge < -0.3 is 24.8 Å². The fourth-order valence-corrected chi connectivity index (χ4v) is 3.17. The molecule has 0 heterocycles. The Morgan fingerprint density at radius 1 is 0.552 bits per heavy atom. The van der Waals surface area contributed by atoms with Crippen LogP contribution in [0, 0.1) is 0 Å². The smallest absolute Gasteiger partial charge is 1.00 e. The molecule has 4 aromatic rings. The van der Waals surface area contributed by atoms with E-state index in [0.717, 1.165) is 0 Å². The van der Waals surface area contributed by atoms with Gasteiger partial charge in [0.1, 0.15) is 0 Å². The van der Waals surface area contributed by atoms with Gasteiger partial charge in [-0.05, 0) is 10.8 Å². The summed E-state index contributed by atoms with van der Waals surface area (Å²) in [5.41, 5.74) is 3.38. The van der Waals surface area contributed by atoms with Crippen LogP contribution in [0.5, 0.6) is 0 Å². The van der Waals surface area contributed by atoms with E-state index in [1.165, 1.54) is 32.7 Å². The Balaban J connectivity index is 0.000000490. The number of halogens is 2. The average molecular weight is 461 g/mol. The SMILES string of the molecule is CC(C)(C)c1cc2ccccc2[cH-]1.CC(C)(C)c1cc2ccccc2[cH-]1.[Cl-].[Cl-].[Ti+4]. The Bertz CT molecular complexity index is 860. The fraction of sp³-hybridized carbons (Fsp3) is 0.308. The Hall–Kier alpha value is -1.05. The quantitative estimate of drug-likeness (QED) is 0.277. The van der Waals surface area contributed by atoms with Gasteiger partial charge in [-0.25, -0.2) is 0 Å². The van der Waals surface area contributed by atoms with Crippen molar-refractivity contribution in [2.45, 2.75) is 52.4 Å². The molecule has 0 fully saturated rings. The molecule has 0 nitrogen and oxygen atoms in total. The second-order valence-corrected chi connectivity index (χ2v) is 9.25. The van der Waals surface area contributed by atoms with Crippen LogP contribution in [0.4, 0.5) is 0 Å². The Morgan fingerprint density at radius 2 is 0.862 bits per heavy atom. The zero-order valence-electron chi connectivity index (χ0n) is 18.2. The van der Waals surface area contributed by atoms with Gasteiger partial charge in [-0.2, -0.15) is 12.1 Å². The summed E-state index contributed by atoms with van der Waals surface area (Å²) in [6, 6.07) is 26.2. The number of hydrogen-bond donors (Lipinski definition) is 0. The van der Waals surface area contributed by atoms with Crippen LogP contribution >= 0.6 is 0 Å². The van der Waals surface area contributed by atoms with E-state index in [1.54, 1.807) is 0 Å². The molecule has 0 aromatic heterocycles. The van der Waals surface area contributed by atoms with Crippen LogP contribution in [0.15, 0.2) is 72.8 Å². The first-order valence-corrected chi connectivity index (χ1v) is 9.46. The van der Waals surface area contributed by atoms with Gasteiger partial charge in [-0.3, -0.25) is 0 Å². The van der Waals surface area contributed by atoms with Crippen molar-refractivity contribution in [2.75, 3.05) is 0 Å². The van der Waals surface area contributed by atoms with E-state index in [2.05, 4.69) is 114 Å². The van der Waals surface area contributed by atoms with E-state index < -0.39 is 0 Å². The number of fused-ring (bicyclic) bond motifs is 2. The summed E-state index contributed by atoms with van der Waals surface area (Å²) in [6.45, 7) is 13.5. The molecule has 29 heavy (non-hydrogen) atoms. The molecule has 0 N–H and O–H groups in total. The minimum atomic E-state index is 0. The number of rotatable bonds is 0. The monoisotopic (exact) mass is 460 g/mol. The standard InChI is InChI=1S/2C13H15.2ClH.Ti/c2*1-13(2,3)12-8-10-6-4-5-7-11(10)9-12;;;/h2*4-9H,1-3H3;2*1H;/q2*-1;;;+4/p-2. The van der Waals surface area contributed by atoms with Crippen molar-refractivity contribution in [1.29, 1.82) is 0 Å². The second-order valence-electron chi connectivity index (χ2n) is 9.25. The summed E-state index contributed by atoms with van der Waals surface area (Å²) >= 11 is 0. The molecule has 0 aliphatic heterocycles. The molecule has 0 unspecified atom stereocenters. The summed E-state index contributed by atoms with van der Waals surface area (Å²) in [6.07, 6.45) is 0. The number of benzene rings is 2. The van der Waals surface area contributed by atoms with Crippen LogP contribution in [-0.4, -0.2) is 0 Å². The van der Waals surface area contributed by atoms with Crippen molar-refractivity contribution in [3.8, 4) is 0 Å². The van der Waals surface area contributed by atoms with Gasteiger partial charge in [0.05, 0.1) is 0 Å². The van der Waals surface area contributed by atoms with Gasteiger partial charge in [0.2, 0.25) is 0 Å². The van der Waals surface area contributed by atoms with Crippen molar-refractivity contribution < 1.29 is 46.5 Å². The summed E-state index contributed by atoms with van der Waals surface area (Å²) in [5.74, 6) is 0. The predicted octanol–water partition coefficient (Wildman–Crippen LogP) is 1.72. The van der Waals surface area contributed by atoms with Gasteiger partial charge in [-0.1, -0.05) is 53.7 Å². The van der Waals surface area contributed by atoms with Crippen LogP contribution in [0.2, 0.25) is 0 Å². The third kappa shape index (κ3) is 7.00. The molecular weight excluding hydrogens is 431 g/mol. The molecule has 0 amide bonds. The molecule has 0 bridgehead atoms. The molecule has 0 saturated carbocycles. The molecular formula is C26H30Cl2Ti. The summed E-state index contributed by atoms with van der Waals surface area (Å²) in [5, 5.41) is 5.42. The van der Waals surface area contributed by atoms with Crippen LogP contribution in [-0.2, 0) is 32.5 Å². The van der Waals surface area contributed by atoms with E-state index in [-0.39, 0.29) is 57.4 Å². The van der Waals surface area contributed by atoms with E-state index in [9.17, 15) is 0 Å². The first kappa shape index (κ1) is 28.0. The topological polar surface area (TPSA) is 0 Å². The molecule has 0 aliphatic carbocycles. The van der Waals surface area contributed by atoms with E-state index in [1.807, 2.05) is 0 Å². The molecule has 3 heteroatoms. The van der Waals surface area contributed by atoms with Gasteiger partial charge in [-0.15, -0.1) is 81.2 Å². The Morgan fingerprint density at radius 3 is 1.14 bits per heavy atom. The first-order chi connectivity index (χ1) is 12.1. The number of hydrogen-bond acceptors (Lipinski definition) is 0. The van der Waals surface area contributed by atoms with Gasteiger partial charge >= 0.3 is 21.7 Å². The second kappa shape index (κ2) is 10.8.